The van der Waals surface area contributed by atoms with Crippen molar-refractivity contribution < 1.29 is 13.6 Å². The van der Waals surface area contributed by atoms with E-state index in [4.69, 9.17) is 23.2 Å². The summed E-state index contributed by atoms with van der Waals surface area (Å²) in [5, 5.41) is 11.9. The molecule has 7 nitrogen and oxygen atoms in total. The first-order valence-corrected chi connectivity index (χ1v) is 11.6. The zero-order valence-corrected chi connectivity index (χ0v) is 20.3. The van der Waals surface area contributed by atoms with E-state index in [2.05, 4.69) is 20.5 Å². The highest BCUT2D eigenvalue weighted by molar-refractivity contribution is 6.42. The number of alkyl halides is 2. The van der Waals surface area contributed by atoms with E-state index >= 15 is 0 Å². The molecule has 5 rings (SSSR count). The number of benzene rings is 2. The topological polar surface area (TPSA) is 77.1 Å². The quantitative estimate of drug-likeness (QED) is 0.276. The fraction of sp³-hybridized carbons (Fsp3) is 0.120. The van der Waals surface area contributed by atoms with Crippen molar-refractivity contribution in [3.8, 4) is 11.3 Å². The summed E-state index contributed by atoms with van der Waals surface area (Å²) in [5.41, 5.74) is 3.03. The molecule has 3 heterocycles. The molecular formula is C25H18Cl2F2N6O. The first kappa shape index (κ1) is 23.9. The van der Waals surface area contributed by atoms with Gasteiger partial charge in [0.25, 0.3) is 12.3 Å². The van der Waals surface area contributed by atoms with E-state index < -0.39 is 12.3 Å². The molecule has 182 valence electrons. The van der Waals surface area contributed by atoms with Gasteiger partial charge >= 0.3 is 0 Å². The van der Waals surface area contributed by atoms with Gasteiger partial charge in [0, 0.05) is 11.8 Å². The summed E-state index contributed by atoms with van der Waals surface area (Å²) >= 11 is 12.0. The number of hydrogen-bond donors (Lipinski definition) is 1. The van der Waals surface area contributed by atoms with Gasteiger partial charge in [-0.2, -0.15) is 10.2 Å². The van der Waals surface area contributed by atoms with Gasteiger partial charge in [-0.05, 0) is 30.7 Å². The summed E-state index contributed by atoms with van der Waals surface area (Å²) in [6, 6.07) is 13.9. The van der Waals surface area contributed by atoms with Gasteiger partial charge < -0.3 is 5.32 Å². The molecule has 0 aliphatic carbocycles. The fourth-order valence-corrected chi connectivity index (χ4v) is 4.03. The van der Waals surface area contributed by atoms with Crippen LogP contribution in [-0.2, 0) is 6.54 Å². The highest BCUT2D eigenvalue weighted by Gasteiger charge is 2.22. The third-order valence-electron chi connectivity index (χ3n) is 5.53. The van der Waals surface area contributed by atoms with Gasteiger partial charge in [0.2, 0.25) is 0 Å². The fourth-order valence-electron chi connectivity index (χ4n) is 3.71. The van der Waals surface area contributed by atoms with Crippen LogP contribution < -0.4 is 5.32 Å². The highest BCUT2D eigenvalue weighted by Crippen LogP contribution is 2.27. The average molecular weight is 527 g/mol. The Balaban J connectivity index is 1.42. The Morgan fingerprint density at radius 1 is 1.03 bits per heavy atom. The van der Waals surface area contributed by atoms with Crippen molar-refractivity contribution in [2.24, 2.45) is 0 Å². The molecule has 0 spiro atoms. The van der Waals surface area contributed by atoms with Crippen LogP contribution in [0.15, 0.2) is 67.1 Å². The van der Waals surface area contributed by atoms with Crippen molar-refractivity contribution >= 4 is 40.4 Å². The van der Waals surface area contributed by atoms with E-state index in [0.29, 0.717) is 33.5 Å². The monoisotopic (exact) mass is 526 g/mol. The molecule has 0 fully saturated rings. The smallest absolute Gasteiger partial charge is 0.280 e. The number of carbonyl (C=O) groups excluding carboxylic acids is 1. The van der Waals surface area contributed by atoms with Crippen LogP contribution in [0.1, 0.15) is 33.6 Å². The van der Waals surface area contributed by atoms with Gasteiger partial charge in [0.15, 0.2) is 5.65 Å². The largest absolute Gasteiger partial charge is 0.319 e. The molecule has 0 saturated heterocycles. The standard InChI is InChI=1S/C25H18Cl2F2N6O/c1-14-2-5-16(6-3-14)21-9-22(23(28)29)35-24(33-21)18(11-31-35)25(36)32-17-10-30-34(13-17)12-15-4-7-19(26)20(27)8-15/h2-11,13,23H,12H2,1H3,(H,32,36). The lowest BCUT2D eigenvalue weighted by Crippen LogP contribution is -2.12. The van der Waals surface area contributed by atoms with Crippen molar-refractivity contribution in [2.75, 3.05) is 5.32 Å². The lowest BCUT2D eigenvalue weighted by Gasteiger charge is -2.09. The maximum Gasteiger partial charge on any atom is 0.280 e. The normalized spacial score (nSPS) is 11.4. The Bertz CT molecular complexity index is 1580. The summed E-state index contributed by atoms with van der Waals surface area (Å²) in [6.45, 7) is 2.33. The lowest BCUT2D eigenvalue weighted by atomic mass is 10.1. The van der Waals surface area contributed by atoms with Crippen LogP contribution in [0.4, 0.5) is 14.5 Å². The van der Waals surface area contributed by atoms with Crippen molar-refractivity contribution in [3.63, 3.8) is 0 Å². The Labute approximate surface area is 214 Å². The number of hydrogen-bond acceptors (Lipinski definition) is 4. The molecule has 0 saturated carbocycles. The van der Waals surface area contributed by atoms with Crippen LogP contribution in [0.5, 0.6) is 0 Å². The number of aryl methyl sites for hydroxylation is 1. The molecule has 0 aliphatic heterocycles. The van der Waals surface area contributed by atoms with Gasteiger partial charge in [0.1, 0.15) is 11.3 Å². The Morgan fingerprint density at radius 3 is 2.53 bits per heavy atom. The van der Waals surface area contributed by atoms with Crippen molar-refractivity contribution in [3.05, 3.63) is 99.6 Å². The third-order valence-corrected chi connectivity index (χ3v) is 6.27. The molecule has 2 aromatic carbocycles. The molecular weight excluding hydrogens is 509 g/mol. The summed E-state index contributed by atoms with van der Waals surface area (Å²) in [4.78, 5) is 17.5. The van der Waals surface area contributed by atoms with E-state index in [0.717, 1.165) is 15.6 Å². The van der Waals surface area contributed by atoms with Crippen molar-refractivity contribution in [2.45, 2.75) is 19.9 Å². The lowest BCUT2D eigenvalue weighted by molar-refractivity contribution is 0.102. The molecule has 1 amide bonds. The maximum atomic E-state index is 13.8. The first-order chi connectivity index (χ1) is 17.3. The number of aromatic nitrogens is 5. The van der Waals surface area contributed by atoms with Crippen LogP contribution in [0.25, 0.3) is 16.9 Å². The van der Waals surface area contributed by atoms with Gasteiger partial charge in [-0.25, -0.2) is 18.3 Å². The number of nitrogens with one attached hydrogen (secondary N) is 1. The summed E-state index contributed by atoms with van der Waals surface area (Å²) < 4.78 is 30.3. The predicted octanol–water partition coefficient (Wildman–Crippen LogP) is 6.45. The van der Waals surface area contributed by atoms with Crippen molar-refractivity contribution in [1.82, 2.24) is 24.4 Å². The molecule has 36 heavy (non-hydrogen) atoms. The Kier molecular flexibility index (Phi) is 6.42. The predicted molar refractivity (Wildman–Crippen MR) is 134 cm³/mol. The number of rotatable bonds is 6. The zero-order valence-electron chi connectivity index (χ0n) is 18.8. The zero-order chi connectivity index (χ0) is 25.4. The summed E-state index contributed by atoms with van der Waals surface area (Å²) in [7, 11) is 0. The molecule has 11 heteroatoms. The second kappa shape index (κ2) is 9.67. The van der Waals surface area contributed by atoms with E-state index in [9.17, 15) is 13.6 Å². The summed E-state index contributed by atoms with van der Waals surface area (Å²) in [6.07, 6.45) is 1.54. The molecule has 0 radical (unpaired) electrons. The minimum atomic E-state index is -2.81. The Hall–Kier alpha value is -3.82. The SMILES string of the molecule is Cc1ccc(-c2cc(C(F)F)n3ncc(C(=O)Nc4cnn(Cc5ccc(Cl)c(Cl)c5)c4)c3n2)cc1. The molecule has 5 aromatic rings. The van der Waals surface area contributed by atoms with E-state index in [1.165, 1.54) is 18.5 Å². The number of amides is 1. The Morgan fingerprint density at radius 2 is 1.81 bits per heavy atom. The van der Waals surface area contributed by atoms with Crippen LogP contribution in [0.2, 0.25) is 10.0 Å². The van der Waals surface area contributed by atoms with Gasteiger partial charge in [-0.15, -0.1) is 0 Å². The van der Waals surface area contributed by atoms with E-state index in [1.807, 2.05) is 25.1 Å². The van der Waals surface area contributed by atoms with Crippen LogP contribution in [0, 0.1) is 6.92 Å². The van der Waals surface area contributed by atoms with E-state index in [-0.39, 0.29) is 16.9 Å². The minimum absolute atomic E-state index is 0.0315. The molecule has 1 N–H and O–H groups in total. The second-order valence-corrected chi connectivity index (χ2v) is 8.97. The highest BCUT2D eigenvalue weighted by atomic mass is 35.5. The summed E-state index contributed by atoms with van der Waals surface area (Å²) in [5.74, 6) is -0.548. The second-order valence-electron chi connectivity index (χ2n) is 8.16. The van der Waals surface area contributed by atoms with Gasteiger partial charge in [0.05, 0.1) is 40.4 Å². The number of halogens is 4. The molecule has 0 atom stereocenters. The molecule has 0 bridgehead atoms. The first-order valence-electron chi connectivity index (χ1n) is 10.8. The van der Waals surface area contributed by atoms with Gasteiger partial charge in [-0.1, -0.05) is 59.1 Å². The maximum absolute atomic E-state index is 13.8. The van der Waals surface area contributed by atoms with Crippen LogP contribution >= 0.6 is 23.2 Å². The van der Waals surface area contributed by atoms with Gasteiger partial charge in [-0.3, -0.25) is 9.48 Å². The van der Waals surface area contributed by atoms with Crippen LogP contribution in [-0.4, -0.2) is 30.3 Å². The molecule has 3 aromatic heterocycles. The number of carbonyl (C=O) groups is 1. The molecule has 0 unspecified atom stereocenters. The number of fused-ring (bicyclic) bond motifs is 1. The number of nitrogens with zero attached hydrogens (tertiary/aromatic N) is 5. The molecule has 0 aliphatic rings. The van der Waals surface area contributed by atoms with Crippen LogP contribution in [0.3, 0.4) is 0 Å². The number of anilines is 1. The minimum Gasteiger partial charge on any atom is -0.319 e. The third kappa shape index (κ3) is 4.80. The average Bonchev–Trinajstić information content (AvgIpc) is 3.48. The van der Waals surface area contributed by atoms with Crippen molar-refractivity contribution in [1.29, 1.82) is 0 Å². The van der Waals surface area contributed by atoms with E-state index in [1.54, 1.807) is 35.1 Å².